The van der Waals surface area contributed by atoms with Gasteiger partial charge in [-0.3, -0.25) is 4.39 Å². The fourth-order valence-electron chi connectivity index (χ4n) is 1.28. The van der Waals surface area contributed by atoms with Crippen molar-refractivity contribution in [2.45, 2.75) is 26.3 Å². The molecule has 0 aliphatic rings. The minimum atomic E-state index is -0.353. The summed E-state index contributed by atoms with van der Waals surface area (Å²) in [6.45, 7) is 3.74. The fraction of sp³-hybridized carbons (Fsp3) is 0.455. The molecule has 0 heterocycles. The SMILES string of the molecule is Cc1ccc([C@@H](N)CCF)cc1C. The Morgan fingerprint density at radius 1 is 1.31 bits per heavy atom. The molecule has 0 aliphatic heterocycles. The molecular weight excluding hydrogens is 165 g/mol. The van der Waals surface area contributed by atoms with Crippen molar-refractivity contribution in [1.82, 2.24) is 0 Å². The molecule has 13 heavy (non-hydrogen) atoms. The Hall–Kier alpha value is -0.890. The predicted octanol–water partition coefficient (Wildman–Crippen LogP) is 2.66. The van der Waals surface area contributed by atoms with Crippen molar-refractivity contribution in [1.29, 1.82) is 0 Å². The molecule has 0 radical (unpaired) electrons. The minimum Gasteiger partial charge on any atom is -0.324 e. The fourth-order valence-corrected chi connectivity index (χ4v) is 1.28. The molecule has 1 nitrogen and oxygen atoms in total. The average molecular weight is 181 g/mol. The van der Waals surface area contributed by atoms with Gasteiger partial charge in [-0.1, -0.05) is 18.2 Å². The van der Waals surface area contributed by atoms with E-state index in [9.17, 15) is 4.39 Å². The number of nitrogens with two attached hydrogens (primary N) is 1. The second kappa shape index (κ2) is 4.38. The standard InChI is InChI=1S/C11H16FN/c1-8-3-4-10(7-9(8)2)11(13)5-6-12/h3-4,7,11H,5-6,13H2,1-2H3/t11-/m0/s1. The van der Waals surface area contributed by atoms with Gasteiger partial charge < -0.3 is 5.73 Å². The lowest BCUT2D eigenvalue weighted by molar-refractivity contribution is 0.442. The van der Waals surface area contributed by atoms with Gasteiger partial charge in [-0.25, -0.2) is 0 Å². The third kappa shape index (κ3) is 2.52. The molecule has 1 aromatic rings. The Kier molecular flexibility index (Phi) is 3.43. The molecule has 2 N–H and O–H groups in total. The lowest BCUT2D eigenvalue weighted by Crippen LogP contribution is -2.11. The van der Waals surface area contributed by atoms with Crippen LogP contribution in [-0.4, -0.2) is 6.67 Å². The third-order valence-corrected chi connectivity index (χ3v) is 2.38. The van der Waals surface area contributed by atoms with Crippen molar-refractivity contribution in [3.63, 3.8) is 0 Å². The van der Waals surface area contributed by atoms with Crippen molar-refractivity contribution in [2.24, 2.45) is 5.73 Å². The van der Waals surface area contributed by atoms with E-state index in [-0.39, 0.29) is 12.7 Å². The van der Waals surface area contributed by atoms with Gasteiger partial charge in [0.2, 0.25) is 0 Å². The first-order chi connectivity index (χ1) is 6.15. The zero-order valence-corrected chi connectivity index (χ0v) is 8.18. The van der Waals surface area contributed by atoms with Crippen LogP contribution in [0.4, 0.5) is 4.39 Å². The molecule has 0 aromatic heterocycles. The zero-order chi connectivity index (χ0) is 9.84. The van der Waals surface area contributed by atoms with Crippen LogP contribution in [0.25, 0.3) is 0 Å². The zero-order valence-electron chi connectivity index (χ0n) is 8.18. The second-order valence-corrected chi connectivity index (χ2v) is 3.43. The Labute approximate surface area is 78.8 Å². The summed E-state index contributed by atoms with van der Waals surface area (Å²) in [7, 11) is 0. The molecule has 0 fully saturated rings. The van der Waals surface area contributed by atoms with Crippen LogP contribution in [0.5, 0.6) is 0 Å². The van der Waals surface area contributed by atoms with Gasteiger partial charge in [0, 0.05) is 6.04 Å². The summed E-state index contributed by atoms with van der Waals surface area (Å²) >= 11 is 0. The van der Waals surface area contributed by atoms with Gasteiger partial charge in [0.25, 0.3) is 0 Å². The molecule has 0 unspecified atom stereocenters. The van der Waals surface area contributed by atoms with Gasteiger partial charge in [-0.2, -0.15) is 0 Å². The third-order valence-electron chi connectivity index (χ3n) is 2.38. The summed E-state index contributed by atoms with van der Waals surface area (Å²) in [5.41, 5.74) is 9.27. The van der Waals surface area contributed by atoms with Crippen molar-refractivity contribution in [2.75, 3.05) is 6.67 Å². The van der Waals surface area contributed by atoms with Crippen LogP contribution in [0.3, 0.4) is 0 Å². The van der Waals surface area contributed by atoms with Crippen LogP contribution in [0.1, 0.15) is 29.2 Å². The number of alkyl halides is 1. The molecule has 1 rings (SSSR count). The summed E-state index contributed by atoms with van der Waals surface area (Å²) in [5.74, 6) is 0. The molecule has 0 amide bonds. The molecule has 2 heteroatoms. The second-order valence-electron chi connectivity index (χ2n) is 3.43. The van der Waals surface area contributed by atoms with E-state index in [1.165, 1.54) is 11.1 Å². The molecule has 0 bridgehead atoms. The summed E-state index contributed by atoms with van der Waals surface area (Å²) < 4.78 is 12.0. The Balaban J connectivity index is 2.84. The van der Waals surface area contributed by atoms with E-state index in [1.54, 1.807) is 0 Å². The maximum absolute atomic E-state index is 12.0. The van der Waals surface area contributed by atoms with E-state index in [0.717, 1.165) is 5.56 Å². The summed E-state index contributed by atoms with van der Waals surface area (Å²) in [6, 6.07) is 5.88. The number of rotatable bonds is 3. The van der Waals surface area contributed by atoms with Crippen LogP contribution in [0.15, 0.2) is 18.2 Å². The smallest absolute Gasteiger partial charge is 0.0912 e. The Morgan fingerprint density at radius 2 is 2.00 bits per heavy atom. The first-order valence-electron chi connectivity index (χ1n) is 4.54. The quantitative estimate of drug-likeness (QED) is 0.762. The highest BCUT2D eigenvalue weighted by atomic mass is 19.1. The molecule has 1 atom stereocenters. The van der Waals surface area contributed by atoms with Crippen LogP contribution in [0.2, 0.25) is 0 Å². The topological polar surface area (TPSA) is 26.0 Å². The van der Waals surface area contributed by atoms with Gasteiger partial charge in [0.15, 0.2) is 0 Å². The monoisotopic (exact) mass is 181 g/mol. The van der Waals surface area contributed by atoms with E-state index in [4.69, 9.17) is 5.73 Å². The highest BCUT2D eigenvalue weighted by molar-refractivity contribution is 5.31. The van der Waals surface area contributed by atoms with Crippen LogP contribution in [-0.2, 0) is 0 Å². The highest BCUT2D eigenvalue weighted by Gasteiger charge is 2.05. The number of hydrogen-bond donors (Lipinski definition) is 1. The lowest BCUT2D eigenvalue weighted by Gasteiger charge is -2.11. The maximum Gasteiger partial charge on any atom is 0.0912 e. The molecule has 1 aromatic carbocycles. The number of hydrogen-bond acceptors (Lipinski definition) is 1. The average Bonchev–Trinajstić information content (AvgIpc) is 2.10. The number of halogens is 1. The van der Waals surface area contributed by atoms with Crippen LogP contribution >= 0.6 is 0 Å². The van der Waals surface area contributed by atoms with Crippen molar-refractivity contribution in [3.05, 3.63) is 34.9 Å². The highest BCUT2D eigenvalue weighted by Crippen LogP contribution is 2.17. The molecular formula is C11H16FN. The summed E-state index contributed by atoms with van der Waals surface area (Å²) in [4.78, 5) is 0. The molecule has 72 valence electrons. The van der Waals surface area contributed by atoms with Gasteiger partial charge in [-0.15, -0.1) is 0 Å². The first kappa shape index (κ1) is 10.2. The van der Waals surface area contributed by atoms with Gasteiger partial charge in [0.1, 0.15) is 0 Å². The van der Waals surface area contributed by atoms with Crippen molar-refractivity contribution < 1.29 is 4.39 Å². The van der Waals surface area contributed by atoms with Crippen molar-refractivity contribution in [3.8, 4) is 0 Å². The van der Waals surface area contributed by atoms with Crippen LogP contribution in [0, 0.1) is 13.8 Å². The van der Waals surface area contributed by atoms with E-state index in [1.807, 2.05) is 25.1 Å². The lowest BCUT2D eigenvalue weighted by atomic mass is 10.0. The normalized spacial score (nSPS) is 12.9. The largest absolute Gasteiger partial charge is 0.324 e. The van der Waals surface area contributed by atoms with E-state index >= 15 is 0 Å². The summed E-state index contributed by atoms with van der Waals surface area (Å²) in [6.07, 6.45) is 0.405. The predicted molar refractivity (Wildman–Crippen MR) is 53.4 cm³/mol. The number of benzene rings is 1. The molecule has 0 spiro atoms. The van der Waals surface area contributed by atoms with E-state index in [0.29, 0.717) is 6.42 Å². The molecule has 0 aliphatic carbocycles. The molecule has 0 saturated heterocycles. The first-order valence-corrected chi connectivity index (χ1v) is 4.54. The number of aryl methyl sites for hydroxylation is 2. The summed E-state index contributed by atoms with van der Waals surface area (Å²) in [5, 5.41) is 0. The Bertz CT molecular complexity index is 283. The maximum atomic E-state index is 12.0. The van der Waals surface area contributed by atoms with Crippen molar-refractivity contribution >= 4 is 0 Å². The van der Waals surface area contributed by atoms with E-state index in [2.05, 4.69) is 6.92 Å². The van der Waals surface area contributed by atoms with Gasteiger partial charge in [0.05, 0.1) is 6.67 Å². The van der Waals surface area contributed by atoms with Crippen LogP contribution < -0.4 is 5.73 Å². The van der Waals surface area contributed by atoms with Gasteiger partial charge in [-0.05, 0) is 37.0 Å². The van der Waals surface area contributed by atoms with E-state index < -0.39 is 0 Å². The van der Waals surface area contributed by atoms with Gasteiger partial charge >= 0.3 is 0 Å². The minimum absolute atomic E-state index is 0.163. The molecule has 0 saturated carbocycles. The Morgan fingerprint density at radius 3 is 2.54 bits per heavy atom.